The molecule has 1 N–H and O–H groups in total. The van der Waals surface area contributed by atoms with Gasteiger partial charge < -0.3 is 5.11 Å². The van der Waals surface area contributed by atoms with Gasteiger partial charge in [-0.15, -0.1) is 0 Å². The normalized spacial score (nSPS) is 27.0. The molecule has 1 aromatic heterocycles. The number of carboxylic acid groups (broad SMARTS) is 1. The lowest BCUT2D eigenvalue weighted by Crippen LogP contribution is -2.55. The topological polar surface area (TPSA) is 90.8 Å². The van der Waals surface area contributed by atoms with Crippen LogP contribution in [0.2, 0.25) is 0 Å². The van der Waals surface area contributed by atoms with E-state index in [1.807, 2.05) is 0 Å². The summed E-state index contributed by atoms with van der Waals surface area (Å²) in [5.74, 6) is -1.06. The monoisotopic (exact) mass is 353 g/mol. The van der Waals surface area contributed by atoms with E-state index >= 15 is 0 Å². The first-order valence-corrected chi connectivity index (χ1v) is 9.81. The largest absolute Gasteiger partial charge is 0.481 e. The highest BCUT2D eigenvalue weighted by molar-refractivity contribution is 7.89. The first-order valence-electron chi connectivity index (χ1n) is 8.37. The quantitative estimate of drug-likeness (QED) is 0.869. The summed E-state index contributed by atoms with van der Waals surface area (Å²) in [7, 11) is -3.52. The number of sulfonamides is 1. The average molecular weight is 353 g/mol. The Bertz CT molecular complexity index is 672. The van der Waals surface area contributed by atoms with E-state index in [1.54, 1.807) is 18.3 Å². The molecule has 0 aromatic carbocycles. The van der Waals surface area contributed by atoms with Gasteiger partial charge in [-0.05, 0) is 25.0 Å². The Morgan fingerprint density at radius 3 is 2.50 bits per heavy atom. The van der Waals surface area contributed by atoms with Crippen molar-refractivity contribution < 1.29 is 18.3 Å². The number of hydrogen-bond acceptors (Lipinski definition) is 5. The SMILES string of the molecule is O=C(O)[C@@H]1CCCC[C@H]1N1CCN(S(=O)(=O)c2cccnc2)CC1. The predicted molar refractivity (Wildman–Crippen MR) is 88.0 cm³/mol. The second-order valence-electron chi connectivity index (χ2n) is 6.43. The van der Waals surface area contributed by atoms with Crippen LogP contribution in [0.4, 0.5) is 0 Å². The van der Waals surface area contributed by atoms with Crippen LogP contribution in [0, 0.1) is 5.92 Å². The van der Waals surface area contributed by atoms with Crippen LogP contribution in [-0.2, 0) is 14.8 Å². The van der Waals surface area contributed by atoms with Gasteiger partial charge in [0.15, 0.2) is 0 Å². The molecule has 0 bridgehead atoms. The fourth-order valence-electron chi connectivity index (χ4n) is 3.76. The predicted octanol–water partition coefficient (Wildman–Crippen LogP) is 1.03. The third-order valence-corrected chi connectivity index (χ3v) is 6.94. The van der Waals surface area contributed by atoms with Gasteiger partial charge in [0.25, 0.3) is 0 Å². The molecule has 1 saturated carbocycles. The highest BCUT2D eigenvalue weighted by Crippen LogP contribution is 2.30. The molecule has 3 rings (SSSR count). The molecule has 2 heterocycles. The number of pyridine rings is 1. The maximum atomic E-state index is 12.6. The maximum absolute atomic E-state index is 12.6. The summed E-state index contributed by atoms with van der Waals surface area (Å²) in [6.45, 7) is 1.93. The lowest BCUT2D eigenvalue weighted by molar-refractivity contribution is -0.146. The first-order chi connectivity index (χ1) is 11.5. The Kier molecular flexibility index (Phi) is 5.17. The standard InChI is InChI=1S/C16H23N3O4S/c20-16(21)14-5-1-2-6-15(14)18-8-10-19(11-9-18)24(22,23)13-4-3-7-17-12-13/h3-4,7,12,14-15H,1-2,5-6,8-11H2,(H,20,21)/t14-,15-/m1/s1. The molecule has 1 aliphatic carbocycles. The van der Waals surface area contributed by atoms with Crippen LogP contribution in [0.25, 0.3) is 0 Å². The maximum Gasteiger partial charge on any atom is 0.308 e. The van der Waals surface area contributed by atoms with Gasteiger partial charge in [-0.2, -0.15) is 4.31 Å². The van der Waals surface area contributed by atoms with E-state index < -0.39 is 16.0 Å². The van der Waals surface area contributed by atoms with Gasteiger partial charge in [0.05, 0.1) is 5.92 Å². The molecule has 24 heavy (non-hydrogen) atoms. The van der Waals surface area contributed by atoms with E-state index in [0.29, 0.717) is 32.6 Å². The van der Waals surface area contributed by atoms with Crippen LogP contribution in [0.3, 0.4) is 0 Å². The second kappa shape index (κ2) is 7.16. The van der Waals surface area contributed by atoms with E-state index in [9.17, 15) is 18.3 Å². The third-order valence-electron chi connectivity index (χ3n) is 5.06. The Morgan fingerprint density at radius 2 is 1.88 bits per heavy atom. The summed E-state index contributed by atoms with van der Waals surface area (Å²) in [5.41, 5.74) is 0. The number of aliphatic carboxylic acids is 1. The van der Waals surface area contributed by atoms with Gasteiger partial charge in [-0.25, -0.2) is 8.42 Å². The zero-order valence-electron chi connectivity index (χ0n) is 13.5. The summed E-state index contributed by atoms with van der Waals surface area (Å²) in [6, 6.07) is 3.19. The summed E-state index contributed by atoms with van der Waals surface area (Å²) < 4.78 is 26.7. The molecule has 1 aromatic rings. The number of nitrogens with zero attached hydrogens (tertiary/aromatic N) is 3. The van der Waals surface area contributed by atoms with Crippen LogP contribution in [-0.4, -0.2) is 65.9 Å². The lowest BCUT2D eigenvalue weighted by Gasteiger charge is -2.42. The Labute approximate surface area is 142 Å². The summed E-state index contributed by atoms with van der Waals surface area (Å²) in [4.78, 5) is 17.7. The molecule has 1 aliphatic heterocycles. The van der Waals surface area contributed by atoms with Gasteiger partial charge in [-0.3, -0.25) is 14.7 Å². The van der Waals surface area contributed by atoms with Crippen molar-refractivity contribution in [3.8, 4) is 0 Å². The van der Waals surface area contributed by atoms with Gasteiger partial charge in [0, 0.05) is 44.6 Å². The molecule has 132 valence electrons. The molecule has 7 nitrogen and oxygen atoms in total. The van der Waals surface area contributed by atoms with Crippen molar-refractivity contribution in [2.75, 3.05) is 26.2 Å². The zero-order chi connectivity index (χ0) is 17.2. The van der Waals surface area contributed by atoms with Gasteiger partial charge in [0.2, 0.25) is 10.0 Å². The average Bonchev–Trinajstić information content (AvgIpc) is 2.62. The van der Waals surface area contributed by atoms with E-state index in [2.05, 4.69) is 9.88 Å². The molecule has 2 atom stereocenters. The number of carboxylic acids is 1. The molecular weight excluding hydrogens is 330 g/mol. The van der Waals surface area contributed by atoms with E-state index in [-0.39, 0.29) is 16.9 Å². The highest BCUT2D eigenvalue weighted by atomic mass is 32.2. The zero-order valence-corrected chi connectivity index (χ0v) is 14.4. The summed E-state index contributed by atoms with van der Waals surface area (Å²) in [6.07, 6.45) is 6.52. The molecule has 1 saturated heterocycles. The molecule has 0 amide bonds. The summed E-state index contributed by atoms with van der Waals surface area (Å²) in [5, 5.41) is 9.43. The van der Waals surface area contributed by atoms with Gasteiger partial charge in [-0.1, -0.05) is 12.8 Å². The van der Waals surface area contributed by atoms with Crippen molar-refractivity contribution in [2.45, 2.75) is 36.6 Å². The molecule has 2 aliphatic rings. The van der Waals surface area contributed by atoms with Crippen molar-refractivity contribution in [2.24, 2.45) is 5.92 Å². The van der Waals surface area contributed by atoms with Gasteiger partial charge in [0.1, 0.15) is 4.90 Å². The number of piperazine rings is 1. The molecule has 0 unspecified atom stereocenters. The lowest BCUT2D eigenvalue weighted by atomic mass is 9.83. The van der Waals surface area contributed by atoms with Crippen molar-refractivity contribution in [3.05, 3.63) is 24.5 Å². The fraction of sp³-hybridized carbons (Fsp3) is 0.625. The smallest absolute Gasteiger partial charge is 0.308 e. The van der Waals surface area contributed by atoms with Gasteiger partial charge >= 0.3 is 5.97 Å². The fourth-order valence-corrected chi connectivity index (χ4v) is 5.15. The molecule has 0 spiro atoms. The molecule has 2 fully saturated rings. The minimum atomic E-state index is -3.52. The van der Waals surface area contributed by atoms with Crippen LogP contribution in [0.15, 0.2) is 29.4 Å². The molecule has 8 heteroatoms. The highest BCUT2D eigenvalue weighted by Gasteiger charge is 2.37. The van der Waals surface area contributed by atoms with Crippen LogP contribution in [0.1, 0.15) is 25.7 Å². The second-order valence-corrected chi connectivity index (χ2v) is 8.36. The molecule has 0 radical (unpaired) electrons. The Morgan fingerprint density at radius 1 is 1.17 bits per heavy atom. The van der Waals surface area contributed by atoms with Crippen molar-refractivity contribution in [3.63, 3.8) is 0 Å². The minimum absolute atomic E-state index is 0.0273. The third kappa shape index (κ3) is 3.45. The van der Waals surface area contributed by atoms with E-state index in [4.69, 9.17) is 0 Å². The number of hydrogen-bond donors (Lipinski definition) is 1. The Balaban J connectivity index is 1.66. The van der Waals surface area contributed by atoms with E-state index in [1.165, 1.54) is 10.5 Å². The van der Waals surface area contributed by atoms with Crippen molar-refractivity contribution >= 4 is 16.0 Å². The minimum Gasteiger partial charge on any atom is -0.481 e. The van der Waals surface area contributed by atoms with Crippen LogP contribution in [0.5, 0.6) is 0 Å². The van der Waals surface area contributed by atoms with E-state index in [0.717, 1.165) is 19.3 Å². The number of carbonyl (C=O) groups is 1. The summed E-state index contributed by atoms with van der Waals surface area (Å²) >= 11 is 0. The molecular formula is C16H23N3O4S. The number of rotatable bonds is 4. The van der Waals surface area contributed by atoms with Crippen LogP contribution >= 0.6 is 0 Å². The van der Waals surface area contributed by atoms with Crippen LogP contribution < -0.4 is 0 Å². The van der Waals surface area contributed by atoms with Crippen molar-refractivity contribution in [1.82, 2.24) is 14.2 Å². The first kappa shape index (κ1) is 17.3. The van der Waals surface area contributed by atoms with Crippen molar-refractivity contribution in [1.29, 1.82) is 0 Å². The Hall–Kier alpha value is -1.51. The number of aromatic nitrogens is 1.